The molecule has 0 aromatic carbocycles. The van der Waals surface area contributed by atoms with Crippen LogP contribution in [0.5, 0.6) is 0 Å². The normalized spacial score (nSPS) is 10.2. The lowest BCUT2D eigenvalue weighted by molar-refractivity contribution is 0.0965. The summed E-state index contributed by atoms with van der Waals surface area (Å²) in [5.41, 5.74) is 7.26. The van der Waals surface area contributed by atoms with E-state index < -0.39 is 0 Å². The van der Waals surface area contributed by atoms with E-state index in [1.54, 1.807) is 18.4 Å². The molecule has 5 nitrogen and oxygen atoms in total. The minimum absolute atomic E-state index is 0.218. The van der Waals surface area contributed by atoms with Gasteiger partial charge in [0.05, 0.1) is 0 Å². The first-order chi connectivity index (χ1) is 8.22. The molecular weight excluding hydrogens is 256 g/mol. The zero-order valence-corrected chi connectivity index (χ0v) is 10.8. The maximum Gasteiger partial charge on any atom is 0.257 e. The van der Waals surface area contributed by atoms with E-state index in [0.717, 1.165) is 0 Å². The van der Waals surface area contributed by atoms with E-state index >= 15 is 0 Å². The lowest BCUT2D eigenvalue weighted by Gasteiger charge is -2.04. The van der Waals surface area contributed by atoms with Crippen LogP contribution in [-0.4, -0.2) is 17.3 Å². The molecular formula is C10H12N4OS2. The molecule has 0 unspecified atom stereocenters. The summed E-state index contributed by atoms with van der Waals surface area (Å²) in [4.78, 5) is 11.6. The van der Waals surface area contributed by atoms with Gasteiger partial charge in [-0.1, -0.05) is 0 Å². The van der Waals surface area contributed by atoms with Crippen LogP contribution in [0.15, 0.2) is 16.8 Å². The minimum Gasteiger partial charge on any atom is -0.382 e. The first-order valence-electron chi connectivity index (χ1n) is 4.94. The minimum atomic E-state index is -0.218. The maximum absolute atomic E-state index is 11.6. The third-order valence-electron chi connectivity index (χ3n) is 2.21. The summed E-state index contributed by atoms with van der Waals surface area (Å²) in [7, 11) is 1.57. The van der Waals surface area contributed by atoms with Crippen LogP contribution in [0.2, 0.25) is 0 Å². The van der Waals surface area contributed by atoms with Crippen LogP contribution in [0.25, 0.3) is 0 Å². The Morgan fingerprint density at radius 2 is 2.41 bits per heavy atom. The molecule has 0 fully saturated rings. The Kier molecular flexibility index (Phi) is 3.60. The SMILES string of the molecule is CNC(=O)c1c(N)nsc1NCc1ccsc1. The van der Waals surface area contributed by atoms with Gasteiger partial charge in [0.1, 0.15) is 10.6 Å². The number of carbonyl (C=O) groups excluding carboxylic acids is 1. The Labute approximate surface area is 107 Å². The largest absolute Gasteiger partial charge is 0.382 e. The van der Waals surface area contributed by atoms with Crippen molar-refractivity contribution in [3.63, 3.8) is 0 Å². The molecule has 17 heavy (non-hydrogen) atoms. The third-order valence-corrected chi connectivity index (χ3v) is 3.76. The quantitative estimate of drug-likeness (QED) is 0.789. The summed E-state index contributed by atoms with van der Waals surface area (Å²) in [5, 5.41) is 10.5. The van der Waals surface area contributed by atoms with Crippen molar-refractivity contribution < 1.29 is 4.79 Å². The molecule has 0 atom stereocenters. The molecule has 2 aromatic heterocycles. The number of amides is 1. The second-order valence-electron chi connectivity index (χ2n) is 3.34. The highest BCUT2D eigenvalue weighted by Gasteiger charge is 2.17. The van der Waals surface area contributed by atoms with E-state index in [1.807, 2.05) is 11.4 Å². The number of nitrogens with two attached hydrogens (primary N) is 1. The lowest BCUT2D eigenvalue weighted by Crippen LogP contribution is -2.19. The molecule has 2 aromatic rings. The summed E-state index contributed by atoms with van der Waals surface area (Å²) in [6.45, 7) is 0.662. The molecule has 0 saturated carbocycles. The smallest absolute Gasteiger partial charge is 0.257 e. The molecule has 0 aliphatic rings. The molecule has 0 bridgehead atoms. The van der Waals surface area contributed by atoms with E-state index in [2.05, 4.69) is 20.4 Å². The molecule has 4 N–H and O–H groups in total. The Morgan fingerprint density at radius 3 is 3.06 bits per heavy atom. The van der Waals surface area contributed by atoms with Gasteiger partial charge < -0.3 is 16.4 Å². The zero-order valence-electron chi connectivity index (χ0n) is 9.19. The molecule has 0 saturated heterocycles. The summed E-state index contributed by atoms with van der Waals surface area (Å²) < 4.78 is 3.98. The van der Waals surface area contributed by atoms with Crippen LogP contribution >= 0.6 is 22.9 Å². The van der Waals surface area contributed by atoms with Crippen molar-refractivity contribution in [2.75, 3.05) is 18.1 Å². The molecule has 0 radical (unpaired) electrons. The molecule has 0 aliphatic heterocycles. The van der Waals surface area contributed by atoms with E-state index in [-0.39, 0.29) is 11.7 Å². The van der Waals surface area contributed by atoms with Crippen LogP contribution in [0.1, 0.15) is 15.9 Å². The number of anilines is 2. The van der Waals surface area contributed by atoms with Crippen LogP contribution in [0, 0.1) is 0 Å². The Hall–Kier alpha value is -1.60. The lowest BCUT2D eigenvalue weighted by atomic mass is 10.3. The van der Waals surface area contributed by atoms with Crippen molar-refractivity contribution in [2.45, 2.75) is 6.54 Å². The maximum atomic E-state index is 11.6. The van der Waals surface area contributed by atoms with E-state index in [4.69, 9.17) is 5.73 Å². The van der Waals surface area contributed by atoms with Gasteiger partial charge in [-0.05, 0) is 33.9 Å². The summed E-state index contributed by atoms with van der Waals surface area (Å²) in [5.74, 6) is 0.0474. The predicted molar refractivity (Wildman–Crippen MR) is 71.6 cm³/mol. The second-order valence-corrected chi connectivity index (χ2v) is 4.89. The molecule has 90 valence electrons. The van der Waals surface area contributed by atoms with Gasteiger partial charge in [-0.15, -0.1) is 0 Å². The number of carbonyl (C=O) groups is 1. The fourth-order valence-corrected chi connectivity index (χ4v) is 2.72. The fraction of sp³-hybridized carbons (Fsp3) is 0.200. The van der Waals surface area contributed by atoms with Crippen LogP contribution < -0.4 is 16.4 Å². The predicted octanol–water partition coefficient (Wildman–Crippen LogP) is 1.76. The van der Waals surface area contributed by atoms with E-state index in [1.165, 1.54) is 17.1 Å². The number of hydrogen-bond acceptors (Lipinski definition) is 6. The van der Waals surface area contributed by atoms with Gasteiger partial charge in [0.2, 0.25) is 0 Å². The first-order valence-corrected chi connectivity index (χ1v) is 6.66. The molecule has 1 amide bonds. The highest BCUT2D eigenvalue weighted by atomic mass is 32.1. The first kappa shape index (κ1) is 11.9. The zero-order chi connectivity index (χ0) is 12.3. The number of thiophene rings is 1. The van der Waals surface area contributed by atoms with E-state index in [0.29, 0.717) is 17.1 Å². The number of nitrogens with zero attached hydrogens (tertiary/aromatic N) is 1. The van der Waals surface area contributed by atoms with Crippen LogP contribution in [0.3, 0.4) is 0 Å². The van der Waals surface area contributed by atoms with Gasteiger partial charge in [0.25, 0.3) is 5.91 Å². The average molecular weight is 268 g/mol. The van der Waals surface area contributed by atoms with Crippen molar-refractivity contribution in [1.29, 1.82) is 0 Å². The molecule has 0 spiro atoms. The van der Waals surface area contributed by atoms with Crippen molar-refractivity contribution in [3.8, 4) is 0 Å². The number of nitrogens with one attached hydrogen (secondary N) is 2. The van der Waals surface area contributed by atoms with E-state index in [9.17, 15) is 4.79 Å². The summed E-state index contributed by atoms with van der Waals surface area (Å²) in [6.07, 6.45) is 0. The standard InChI is InChI=1S/C10H12N4OS2/c1-12-9(15)7-8(11)14-17-10(7)13-4-6-2-3-16-5-6/h2-3,5,13H,4H2,1H3,(H2,11,14)(H,12,15). The van der Waals surface area contributed by atoms with Gasteiger partial charge in [0.15, 0.2) is 5.82 Å². The highest BCUT2D eigenvalue weighted by molar-refractivity contribution is 7.11. The number of hydrogen-bond donors (Lipinski definition) is 3. The highest BCUT2D eigenvalue weighted by Crippen LogP contribution is 2.27. The summed E-state index contributed by atoms with van der Waals surface area (Å²) >= 11 is 2.84. The number of rotatable bonds is 4. The number of aromatic nitrogens is 1. The van der Waals surface area contributed by atoms with Gasteiger partial charge >= 0.3 is 0 Å². The van der Waals surface area contributed by atoms with Gasteiger partial charge in [-0.25, -0.2) is 0 Å². The Balaban J connectivity index is 2.13. The van der Waals surface area contributed by atoms with Gasteiger partial charge in [-0.2, -0.15) is 15.7 Å². The third kappa shape index (κ3) is 2.56. The average Bonchev–Trinajstić information content (AvgIpc) is 2.95. The monoisotopic (exact) mass is 268 g/mol. The molecule has 0 aliphatic carbocycles. The van der Waals surface area contributed by atoms with Crippen LogP contribution in [-0.2, 0) is 6.54 Å². The molecule has 2 heterocycles. The summed E-state index contributed by atoms with van der Waals surface area (Å²) in [6, 6.07) is 2.03. The second kappa shape index (κ2) is 5.15. The van der Waals surface area contributed by atoms with Crippen molar-refractivity contribution in [2.24, 2.45) is 0 Å². The topological polar surface area (TPSA) is 80.0 Å². The number of nitrogen functional groups attached to an aromatic ring is 1. The fourth-order valence-electron chi connectivity index (χ4n) is 1.34. The van der Waals surface area contributed by atoms with Crippen LogP contribution in [0.4, 0.5) is 10.8 Å². The Morgan fingerprint density at radius 1 is 1.59 bits per heavy atom. The van der Waals surface area contributed by atoms with Gasteiger partial charge in [-0.3, -0.25) is 4.79 Å². The molecule has 7 heteroatoms. The van der Waals surface area contributed by atoms with Crippen molar-refractivity contribution >= 4 is 39.6 Å². The Bertz CT molecular complexity index is 506. The van der Waals surface area contributed by atoms with Crippen molar-refractivity contribution in [3.05, 3.63) is 28.0 Å². The molecule has 2 rings (SSSR count). The van der Waals surface area contributed by atoms with Crippen molar-refractivity contribution in [1.82, 2.24) is 9.69 Å². The van der Waals surface area contributed by atoms with Gasteiger partial charge in [0, 0.05) is 13.6 Å².